The van der Waals surface area contributed by atoms with Gasteiger partial charge in [-0.1, -0.05) is 17.7 Å². The van der Waals surface area contributed by atoms with Gasteiger partial charge in [-0.2, -0.15) is 0 Å². The fraction of sp³-hybridized carbons (Fsp3) is 0.556. The van der Waals surface area contributed by atoms with E-state index in [0.29, 0.717) is 17.3 Å². The van der Waals surface area contributed by atoms with Gasteiger partial charge < -0.3 is 15.2 Å². The van der Waals surface area contributed by atoms with Crippen LogP contribution in [0.3, 0.4) is 0 Å². The Morgan fingerprint density at radius 2 is 1.97 bits per heavy atom. The van der Waals surface area contributed by atoms with Crippen molar-refractivity contribution in [1.82, 2.24) is 15.3 Å². The van der Waals surface area contributed by atoms with Gasteiger partial charge in [0.1, 0.15) is 6.04 Å². The Hall–Kier alpha value is -2.51. The molecule has 0 aliphatic heterocycles. The van der Waals surface area contributed by atoms with Crippen LogP contribution in [0, 0.1) is 19.8 Å². The van der Waals surface area contributed by atoms with Crippen LogP contribution in [0.2, 0.25) is 5.02 Å². The molecule has 0 radical (unpaired) electrons. The Kier molecular flexibility index (Phi) is 8.39. The number of carbonyl (C=O) groups is 2. The largest absolute Gasteiger partial charge is 0.480 e. The normalized spacial score (nSPS) is 20.0. The highest BCUT2D eigenvalue weighted by Gasteiger charge is 2.30. The van der Waals surface area contributed by atoms with Crippen LogP contribution in [-0.4, -0.2) is 45.7 Å². The number of carbonyl (C=O) groups excluding carboxylic acids is 1. The molecule has 1 fully saturated rings. The first-order valence-corrected chi connectivity index (χ1v) is 12.9. The number of pyridine rings is 2. The average molecular weight is 500 g/mol. The SMILES string of the molecule is Cc1cc(Cl)c(C(=O)N[C@@H](CCOC2CC(CCc3ccc4c(n3)CCCC4)C2)C(=O)O)c(C)n1. The summed E-state index contributed by atoms with van der Waals surface area (Å²) in [7, 11) is 0. The van der Waals surface area contributed by atoms with E-state index >= 15 is 0 Å². The Balaban J connectivity index is 1.18. The lowest BCUT2D eigenvalue weighted by Gasteiger charge is -2.35. The van der Waals surface area contributed by atoms with Crippen molar-refractivity contribution in [3.05, 3.63) is 57.1 Å². The number of halogens is 1. The number of rotatable bonds is 10. The first-order valence-electron chi connectivity index (χ1n) is 12.6. The topological polar surface area (TPSA) is 101 Å². The molecule has 0 saturated heterocycles. The van der Waals surface area contributed by atoms with E-state index in [-0.39, 0.29) is 29.7 Å². The third-order valence-electron chi connectivity index (χ3n) is 7.11. The van der Waals surface area contributed by atoms with E-state index < -0.39 is 17.9 Å². The van der Waals surface area contributed by atoms with Crippen molar-refractivity contribution in [2.75, 3.05) is 6.61 Å². The number of aliphatic carboxylic acids is 1. The zero-order valence-corrected chi connectivity index (χ0v) is 21.2. The minimum atomic E-state index is -1.10. The molecule has 4 rings (SSSR count). The molecule has 0 spiro atoms. The predicted molar refractivity (Wildman–Crippen MR) is 134 cm³/mol. The molecule has 2 heterocycles. The van der Waals surface area contributed by atoms with Crippen molar-refractivity contribution in [1.29, 1.82) is 0 Å². The first-order chi connectivity index (χ1) is 16.8. The van der Waals surface area contributed by atoms with Crippen LogP contribution in [0.1, 0.15) is 77.2 Å². The smallest absolute Gasteiger partial charge is 0.326 e. The van der Waals surface area contributed by atoms with Gasteiger partial charge in [-0.15, -0.1) is 0 Å². The van der Waals surface area contributed by atoms with Crippen LogP contribution in [0.15, 0.2) is 18.2 Å². The maximum atomic E-state index is 12.6. The third-order valence-corrected chi connectivity index (χ3v) is 7.41. The van der Waals surface area contributed by atoms with Gasteiger partial charge in [0.25, 0.3) is 5.91 Å². The molecule has 2 N–H and O–H groups in total. The summed E-state index contributed by atoms with van der Waals surface area (Å²) in [6, 6.07) is 4.98. The van der Waals surface area contributed by atoms with Crippen molar-refractivity contribution in [2.45, 2.75) is 83.8 Å². The summed E-state index contributed by atoms with van der Waals surface area (Å²) in [6.45, 7) is 3.75. The summed E-state index contributed by atoms with van der Waals surface area (Å²) >= 11 is 6.20. The van der Waals surface area contributed by atoms with Crippen molar-refractivity contribution < 1.29 is 19.4 Å². The Bertz CT molecular complexity index is 1060. The van der Waals surface area contributed by atoms with Crippen LogP contribution >= 0.6 is 11.6 Å². The standard InChI is InChI=1S/C27H34ClN3O4/c1-16-13-22(28)25(17(2)29-16)26(32)31-24(27(33)34)11-12-35-21-14-18(15-21)7-9-20-10-8-19-5-3-4-6-23(19)30-20/h8,10,13,18,21,24H,3-7,9,11-12,14-15H2,1-2H3,(H,31,32)(H,33,34)/t18?,21?,24-/m0/s1. The van der Waals surface area contributed by atoms with Crippen LogP contribution in [0.25, 0.3) is 0 Å². The Morgan fingerprint density at radius 3 is 2.71 bits per heavy atom. The molecule has 1 saturated carbocycles. The summed E-state index contributed by atoms with van der Waals surface area (Å²) in [4.78, 5) is 33.5. The Labute approximate surface area is 211 Å². The number of fused-ring (bicyclic) bond motifs is 1. The van der Waals surface area contributed by atoms with Gasteiger partial charge in [0.05, 0.1) is 22.4 Å². The van der Waals surface area contributed by atoms with Crippen LogP contribution in [-0.2, 0) is 28.8 Å². The highest BCUT2D eigenvalue weighted by atomic mass is 35.5. The summed E-state index contributed by atoms with van der Waals surface area (Å²) in [5.41, 5.74) is 5.28. The second-order valence-corrected chi connectivity index (χ2v) is 10.3. The number of hydrogen-bond acceptors (Lipinski definition) is 5. The molecular formula is C27H34ClN3O4. The molecule has 8 heteroatoms. The number of carboxylic acid groups (broad SMARTS) is 1. The molecule has 2 aromatic heterocycles. The fourth-order valence-electron chi connectivity index (χ4n) is 5.06. The molecule has 1 amide bonds. The number of aryl methyl sites for hydroxylation is 5. The summed E-state index contributed by atoms with van der Waals surface area (Å²) < 4.78 is 5.90. The molecule has 0 aromatic carbocycles. The number of amides is 1. The van der Waals surface area contributed by atoms with Crippen molar-refractivity contribution in [3.8, 4) is 0 Å². The van der Waals surface area contributed by atoms with Gasteiger partial charge in [0.15, 0.2) is 0 Å². The maximum Gasteiger partial charge on any atom is 0.326 e. The van der Waals surface area contributed by atoms with Gasteiger partial charge in [0, 0.05) is 30.1 Å². The van der Waals surface area contributed by atoms with Crippen molar-refractivity contribution in [3.63, 3.8) is 0 Å². The van der Waals surface area contributed by atoms with E-state index in [1.165, 1.54) is 29.8 Å². The third kappa shape index (κ3) is 6.58. The summed E-state index contributed by atoms with van der Waals surface area (Å²) in [5, 5.41) is 12.4. The minimum absolute atomic E-state index is 0.152. The van der Waals surface area contributed by atoms with E-state index in [1.807, 2.05) is 0 Å². The van der Waals surface area contributed by atoms with Gasteiger partial charge in [0.2, 0.25) is 0 Å². The van der Waals surface area contributed by atoms with Gasteiger partial charge >= 0.3 is 5.97 Å². The lowest BCUT2D eigenvalue weighted by Crippen LogP contribution is -2.42. The second-order valence-electron chi connectivity index (χ2n) is 9.84. The summed E-state index contributed by atoms with van der Waals surface area (Å²) in [6.07, 6.45) is 9.19. The number of nitrogens with one attached hydrogen (secondary N) is 1. The molecule has 0 unspecified atom stereocenters. The molecule has 35 heavy (non-hydrogen) atoms. The lowest BCUT2D eigenvalue weighted by atomic mass is 9.79. The van der Waals surface area contributed by atoms with Crippen LogP contribution in [0.5, 0.6) is 0 Å². The average Bonchev–Trinajstić information content (AvgIpc) is 2.78. The van der Waals surface area contributed by atoms with E-state index in [9.17, 15) is 14.7 Å². The van der Waals surface area contributed by atoms with E-state index in [0.717, 1.165) is 38.5 Å². The van der Waals surface area contributed by atoms with Crippen LogP contribution in [0.4, 0.5) is 0 Å². The predicted octanol–water partition coefficient (Wildman–Crippen LogP) is 4.63. The summed E-state index contributed by atoms with van der Waals surface area (Å²) in [5.74, 6) is -1.02. The van der Waals surface area contributed by atoms with Gasteiger partial charge in [-0.05, 0) is 88.8 Å². The monoisotopic (exact) mass is 499 g/mol. The number of nitrogens with zero attached hydrogens (tertiary/aromatic N) is 2. The molecule has 7 nitrogen and oxygen atoms in total. The minimum Gasteiger partial charge on any atom is -0.480 e. The molecular weight excluding hydrogens is 466 g/mol. The van der Waals surface area contributed by atoms with E-state index in [4.69, 9.17) is 21.3 Å². The molecule has 188 valence electrons. The molecule has 0 bridgehead atoms. The fourth-order valence-corrected chi connectivity index (χ4v) is 5.44. The lowest BCUT2D eigenvalue weighted by molar-refractivity contribution is -0.140. The first kappa shape index (κ1) is 25.6. The van der Waals surface area contributed by atoms with E-state index in [2.05, 4.69) is 22.4 Å². The molecule has 2 aliphatic carbocycles. The zero-order chi connectivity index (χ0) is 24.9. The van der Waals surface area contributed by atoms with Crippen molar-refractivity contribution in [2.24, 2.45) is 5.92 Å². The molecule has 2 aliphatic rings. The van der Waals surface area contributed by atoms with Gasteiger partial charge in [-0.3, -0.25) is 14.8 Å². The number of hydrogen-bond donors (Lipinski definition) is 2. The number of carboxylic acids is 1. The molecule has 1 atom stereocenters. The van der Waals surface area contributed by atoms with Gasteiger partial charge in [-0.25, -0.2) is 4.79 Å². The number of ether oxygens (including phenoxy) is 1. The quantitative estimate of drug-likeness (QED) is 0.494. The highest BCUT2D eigenvalue weighted by Crippen LogP contribution is 2.34. The number of aromatic nitrogens is 2. The Morgan fingerprint density at radius 1 is 1.20 bits per heavy atom. The highest BCUT2D eigenvalue weighted by molar-refractivity contribution is 6.34. The van der Waals surface area contributed by atoms with Crippen molar-refractivity contribution >= 4 is 23.5 Å². The maximum absolute atomic E-state index is 12.6. The van der Waals surface area contributed by atoms with Crippen LogP contribution < -0.4 is 5.32 Å². The second kappa shape index (κ2) is 11.5. The zero-order valence-electron chi connectivity index (χ0n) is 20.5. The molecule has 2 aromatic rings. The van der Waals surface area contributed by atoms with E-state index in [1.54, 1.807) is 19.9 Å².